The molecule has 0 fully saturated rings. The van der Waals surface area contributed by atoms with E-state index >= 15 is 0 Å². The molecule has 0 radical (unpaired) electrons. The first-order valence-electron chi connectivity index (χ1n) is 4.50. The Labute approximate surface area is 98.3 Å². The Kier molecular flexibility index (Phi) is 3.70. The van der Waals surface area contributed by atoms with Crippen molar-refractivity contribution < 1.29 is 28.0 Å². The molecule has 0 amide bonds. The van der Waals surface area contributed by atoms with Crippen LogP contribution in [-0.4, -0.2) is 16.0 Å². The summed E-state index contributed by atoms with van der Waals surface area (Å²) in [5.41, 5.74) is -4.15. The van der Waals surface area contributed by atoms with Gasteiger partial charge in [-0.25, -0.2) is 13.6 Å². The minimum absolute atomic E-state index is 0.493. The van der Waals surface area contributed by atoms with Crippen LogP contribution >= 0.6 is 0 Å². The number of halogens is 3. The summed E-state index contributed by atoms with van der Waals surface area (Å²) in [5, 5.41) is 19.1. The molecule has 0 saturated carbocycles. The molecule has 0 saturated heterocycles. The van der Waals surface area contributed by atoms with Crippen molar-refractivity contribution in [2.24, 2.45) is 0 Å². The van der Waals surface area contributed by atoms with Gasteiger partial charge < -0.3 is 5.11 Å². The lowest BCUT2D eigenvalue weighted by atomic mass is 10.0. The van der Waals surface area contributed by atoms with Crippen molar-refractivity contribution in [3.63, 3.8) is 0 Å². The number of aromatic carboxylic acids is 1. The fourth-order valence-electron chi connectivity index (χ4n) is 1.39. The number of nitro groups is 1. The highest BCUT2D eigenvalue weighted by atomic mass is 19.2. The van der Waals surface area contributed by atoms with E-state index in [1.807, 2.05) is 0 Å². The molecule has 1 rings (SSSR count). The second kappa shape index (κ2) is 4.86. The highest BCUT2D eigenvalue weighted by Crippen LogP contribution is 2.31. The summed E-state index contributed by atoms with van der Waals surface area (Å²) in [5.74, 6) is -7.52. The van der Waals surface area contributed by atoms with E-state index in [0.717, 1.165) is 6.08 Å². The topological polar surface area (TPSA) is 80.4 Å². The first-order valence-corrected chi connectivity index (χ1v) is 4.50. The summed E-state index contributed by atoms with van der Waals surface area (Å²) in [6, 6.07) is 0. The fraction of sp³-hybridized carbons (Fsp3) is 0.100. The maximum absolute atomic E-state index is 13.6. The number of hydrogen-bond acceptors (Lipinski definition) is 3. The van der Waals surface area contributed by atoms with Gasteiger partial charge in [0.25, 0.3) is 0 Å². The number of nitrogens with zero attached hydrogens (tertiary/aromatic N) is 1. The Morgan fingerprint density at radius 3 is 2.28 bits per heavy atom. The molecule has 0 aromatic heterocycles. The third kappa shape index (κ3) is 2.04. The molecule has 0 spiro atoms. The van der Waals surface area contributed by atoms with Gasteiger partial charge in [0.05, 0.1) is 4.92 Å². The number of rotatable bonds is 4. The van der Waals surface area contributed by atoms with E-state index in [2.05, 4.69) is 6.58 Å². The van der Waals surface area contributed by atoms with Gasteiger partial charge in [0.15, 0.2) is 17.2 Å². The number of allylic oxidation sites excluding steroid dienone is 1. The molecule has 1 aromatic carbocycles. The third-order valence-electron chi connectivity index (χ3n) is 2.13. The van der Waals surface area contributed by atoms with E-state index in [1.165, 1.54) is 0 Å². The van der Waals surface area contributed by atoms with Crippen LogP contribution in [0.5, 0.6) is 0 Å². The maximum atomic E-state index is 13.6. The zero-order valence-corrected chi connectivity index (χ0v) is 8.74. The summed E-state index contributed by atoms with van der Waals surface area (Å²) in [6.45, 7) is 3.16. The van der Waals surface area contributed by atoms with Crippen molar-refractivity contribution in [2.45, 2.75) is 6.42 Å². The molecule has 5 nitrogen and oxygen atoms in total. The molecule has 1 N–H and O–H groups in total. The van der Waals surface area contributed by atoms with Crippen molar-refractivity contribution in [2.75, 3.05) is 0 Å². The van der Waals surface area contributed by atoms with Crippen molar-refractivity contribution in [3.8, 4) is 0 Å². The predicted molar refractivity (Wildman–Crippen MR) is 53.8 cm³/mol. The Morgan fingerprint density at radius 1 is 1.33 bits per heavy atom. The van der Waals surface area contributed by atoms with Gasteiger partial charge >= 0.3 is 11.7 Å². The molecule has 0 atom stereocenters. The Balaban J connectivity index is 3.81. The molecule has 96 valence electrons. The third-order valence-corrected chi connectivity index (χ3v) is 2.13. The average Bonchev–Trinajstić information content (AvgIpc) is 2.27. The Bertz CT molecular complexity index is 557. The first-order chi connectivity index (χ1) is 8.32. The molecule has 0 heterocycles. The lowest BCUT2D eigenvalue weighted by molar-refractivity contribution is -0.388. The molecule has 8 heteroatoms. The molecular weight excluding hydrogens is 255 g/mol. The molecule has 0 aliphatic heterocycles. The normalized spacial score (nSPS) is 10.2. The molecule has 18 heavy (non-hydrogen) atoms. The van der Waals surface area contributed by atoms with E-state index in [4.69, 9.17) is 5.11 Å². The van der Waals surface area contributed by atoms with E-state index in [-0.39, 0.29) is 0 Å². The van der Waals surface area contributed by atoms with Crippen LogP contribution in [0, 0.1) is 27.6 Å². The fourth-order valence-corrected chi connectivity index (χ4v) is 1.39. The standard InChI is InChI=1S/C10H6F3NO4/c1-2-3-4-6(11)5(10(15)16)9(14(17)18)8(13)7(4)12/h2H,1,3H2,(H,15,16). The quantitative estimate of drug-likeness (QED) is 0.390. The van der Waals surface area contributed by atoms with Crippen LogP contribution in [-0.2, 0) is 6.42 Å². The highest BCUT2D eigenvalue weighted by molar-refractivity contribution is 5.93. The van der Waals surface area contributed by atoms with Crippen LogP contribution in [0.15, 0.2) is 12.7 Å². The summed E-state index contributed by atoms with van der Waals surface area (Å²) < 4.78 is 40.3. The molecule has 0 aliphatic rings. The zero-order chi connectivity index (χ0) is 14.0. The van der Waals surface area contributed by atoms with Crippen molar-refractivity contribution in [1.29, 1.82) is 0 Å². The smallest absolute Gasteiger partial charge is 0.345 e. The summed E-state index contributed by atoms with van der Waals surface area (Å²) in [7, 11) is 0. The van der Waals surface area contributed by atoms with Gasteiger partial charge in [0.2, 0.25) is 5.82 Å². The van der Waals surface area contributed by atoms with Crippen molar-refractivity contribution in [1.82, 2.24) is 0 Å². The number of carboxylic acid groups (broad SMARTS) is 1. The number of carboxylic acids is 1. The Morgan fingerprint density at radius 2 is 1.89 bits per heavy atom. The van der Waals surface area contributed by atoms with Gasteiger partial charge in [-0.2, -0.15) is 4.39 Å². The maximum Gasteiger partial charge on any atom is 0.345 e. The van der Waals surface area contributed by atoms with Gasteiger partial charge in [-0.15, -0.1) is 6.58 Å². The van der Waals surface area contributed by atoms with Crippen LogP contribution in [0.3, 0.4) is 0 Å². The average molecular weight is 261 g/mol. The van der Waals surface area contributed by atoms with Crippen LogP contribution in [0.1, 0.15) is 15.9 Å². The predicted octanol–water partition coefficient (Wildman–Crippen LogP) is 2.44. The van der Waals surface area contributed by atoms with Crippen LogP contribution in [0.25, 0.3) is 0 Å². The SMILES string of the molecule is C=CCc1c(F)c(F)c([N+](=O)[O-])c(C(=O)O)c1F. The highest BCUT2D eigenvalue weighted by Gasteiger charge is 2.35. The Hall–Kier alpha value is -2.38. The van der Waals surface area contributed by atoms with E-state index in [1.54, 1.807) is 0 Å². The zero-order valence-electron chi connectivity index (χ0n) is 8.74. The number of hydrogen-bond donors (Lipinski definition) is 1. The minimum atomic E-state index is -2.05. The summed E-state index contributed by atoms with van der Waals surface area (Å²) in [4.78, 5) is 19.7. The summed E-state index contributed by atoms with van der Waals surface area (Å²) in [6.07, 6.45) is 0.519. The van der Waals surface area contributed by atoms with Gasteiger partial charge in [0.1, 0.15) is 0 Å². The van der Waals surface area contributed by atoms with Crippen molar-refractivity contribution >= 4 is 11.7 Å². The van der Waals surface area contributed by atoms with Crippen LogP contribution in [0.2, 0.25) is 0 Å². The van der Waals surface area contributed by atoms with Gasteiger partial charge in [-0.1, -0.05) is 6.08 Å². The van der Waals surface area contributed by atoms with Gasteiger partial charge in [0, 0.05) is 5.56 Å². The molecule has 0 aliphatic carbocycles. The minimum Gasteiger partial charge on any atom is -0.477 e. The molecular formula is C10H6F3NO4. The largest absolute Gasteiger partial charge is 0.477 e. The van der Waals surface area contributed by atoms with E-state index < -0.39 is 51.6 Å². The molecule has 0 unspecified atom stereocenters. The molecule has 1 aromatic rings. The lowest BCUT2D eigenvalue weighted by Crippen LogP contribution is -2.13. The van der Waals surface area contributed by atoms with E-state index in [9.17, 15) is 28.1 Å². The first kappa shape index (κ1) is 13.7. The van der Waals surface area contributed by atoms with Crippen LogP contribution < -0.4 is 0 Å². The van der Waals surface area contributed by atoms with Gasteiger partial charge in [-0.3, -0.25) is 10.1 Å². The summed E-state index contributed by atoms with van der Waals surface area (Å²) >= 11 is 0. The van der Waals surface area contributed by atoms with E-state index in [0.29, 0.717) is 0 Å². The monoisotopic (exact) mass is 261 g/mol. The number of benzene rings is 1. The lowest BCUT2D eigenvalue weighted by Gasteiger charge is -2.07. The number of nitro benzene ring substituents is 1. The second-order valence-corrected chi connectivity index (χ2v) is 3.20. The van der Waals surface area contributed by atoms with Crippen LogP contribution in [0.4, 0.5) is 18.9 Å². The van der Waals surface area contributed by atoms with Crippen molar-refractivity contribution in [3.05, 3.63) is 51.3 Å². The second-order valence-electron chi connectivity index (χ2n) is 3.20. The molecule has 0 bridgehead atoms. The number of carbonyl (C=O) groups is 1. The van der Waals surface area contributed by atoms with Gasteiger partial charge in [-0.05, 0) is 6.42 Å².